The summed E-state index contributed by atoms with van der Waals surface area (Å²) in [6.07, 6.45) is 1.86. The van der Waals surface area contributed by atoms with Crippen LogP contribution in [0.4, 0.5) is 8.78 Å². The number of aromatic amines is 1. The van der Waals surface area contributed by atoms with Crippen LogP contribution in [-0.4, -0.2) is 10.9 Å². The average Bonchev–Trinajstić information content (AvgIpc) is 3.27. The van der Waals surface area contributed by atoms with Crippen molar-refractivity contribution in [2.75, 3.05) is 0 Å². The highest BCUT2D eigenvalue weighted by Gasteiger charge is 2.23. The Kier molecular flexibility index (Phi) is 3.37. The summed E-state index contributed by atoms with van der Waals surface area (Å²) in [5, 5.41) is 3.83. The van der Waals surface area contributed by atoms with E-state index in [1.807, 2.05) is 36.5 Å². The fourth-order valence-corrected chi connectivity index (χ4v) is 3.66. The maximum atomic E-state index is 14.5. The SMILES string of the molecule is O=C1NCc2cc(-c3ccc4[nH]ccc4c3)c(-c3ccc(F)cc3F)cc21. The number of halogens is 2. The number of amides is 1. The number of hydrogen-bond donors (Lipinski definition) is 2. The molecular weight excluding hydrogens is 346 g/mol. The summed E-state index contributed by atoms with van der Waals surface area (Å²) in [6.45, 7) is 0.444. The quantitative estimate of drug-likeness (QED) is 0.518. The molecule has 0 saturated heterocycles. The van der Waals surface area contributed by atoms with Crippen molar-refractivity contribution in [3.05, 3.63) is 83.6 Å². The largest absolute Gasteiger partial charge is 0.361 e. The Morgan fingerprint density at radius 1 is 0.815 bits per heavy atom. The standard InChI is InChI=1S/C22H14F2N2O/c23-15-2-3-16(20(24)9-15)19-10-18-14(11-26-22(18)27)8-17(19)12-1-4-21-13(7-12)5-6-25-21/h1-10,25H,11H2,(H,26,27). The predicted molar refractivity (Wildman–Crippen MR) is 100 cm³/mol. The molecule has 1 aliphatic heterocycles. The average molecular weight is 360 g/mol. The summed E-state index contributed by atoms with van der Waals surface area (Å²) in [6, 6.07) is 15.0. The van der Waals surface area contributed by atoms with Gasteiger partial charge in [0.25, 0.3) is 5.91 Å². The Balaban J connectivity index is 1.80. The fraction of sp³-hybridized carbons (Fsp3) is 0.0455. The smallest absolute Gasteiger partial charge is 0.251 e. The highest BCUT2D eigenvalue weighted by Crippen LogP contribution is 2.38. The molecule has 5 heteroatoms. The summed E-state index contributed by atoms with van der Waals surface area (Å²) in [5.41, 5.74) is 4.95. The summed E-state index contributed by atoms with van der Waals surface area (Å²) in [7, 11) is 0. The van der Waals surface area contributed by atoms with E-state index in [1.165, 1.54) is 12.1 Å². The van der Waals surface area contributed by atoms with E-state index in [0.29, 0.717) is 17.7 Å². The minimum absolute atomic E-state index is 0.179. The van der Waals surface area contributed by atoms with Crippen molar-refractivity contribution in [3.63, 3.8) is 0 Å². The number of aromatic nitrogens is 1. The van der Waals surface area contributed by atoms with Crippen molar-refractivity contribution < 1.29 is 13.6 Å². The van der Waals surface area contributed by atoms with E-state index in [9.17, 15) is 13.6 Å². The van der Waals surface area contributed by atoms with Crippen molar-refractivity contribution in [2.45, 2.75) is 6.54 Å². The molecule has 3 nitrogen and oxygen atoms in total. The van der Waals surface area contributed by atoms with Gasteiger partial charge in [-0.2, -0.15) is 0 Å². The Morgan fingerprint density at radius 2 is 1.70 bits per heavy atom. The van der Waals surface area contributed by atoms with E-state index in [4.69, 9.17) is 0 Å². The maximum absolute atomic E-state index is 14.5. The molecule has 4 aromatic rings. The Labute approximate surface area is 153 Å². The molecule has 5 rings (SSSR count). The molecule has 2 heterocycles. The zero-order chi connectivity index (χ0) is 18.5. The zero-order valence-corrected chi connectivity index (χ0v) is 14.1. The number of hydrogen-bond acceptors (Lipinski definition) is 1. The van der Waals surface area contributed by atoms with E-state index < -0.39 is 11.6 Å². The number of fused-ring (bicyclic) bond motifs is 2. The topological polar surface area (TPSA) is 44.9 Å². The van der Waals surface area contributed by atoms with Crippen molar-refractivity contribution >= 4 is 16.8 Å². The molecule has 2 N–H and O–H groups in total. The van der Waals surface area contributed by atoms with Crippen molar-refractivity contribution in [3.8, 4) is 22.3 Å². The third-order valence-corrected chi connectivity index (χ3v) is 5.01. The van der Waals surface area contributed by atoms with Crippen LogP contribution in [0.3, 0.4) is 0 Å². The molecule has 1 aromatic heterocycles. The lowest BCUT2D eigenvalue weighted by Gasteiger charge is -2.14. The Hall–Kier alpha value is -3.47. The number of benzene rings is 3. The van der Waals surface area contributed by atoms with Crippen LogP contribution in [0.1, 0.15) is 15.9 Å². The second-order valence-corrected chi connectivity index (χ2v) is 6.64. The number of carbonyl (C=O) groups excluding carboxylic acids is 1. The van der Waals surface area contributed by atoms with Crippen LogP contribution in [0.2, 0.25) is 0 Å². The lowest BCUT2D eigenvalue weighted by molar-refractivity contribution is 0.0966. The van der Waals surface area contributed by atoms with Crippen molar-refractivity contribution in [2.24, 2.45) is 0 Å². The van der Waals surface area contributed by atoms with E-state index in [0.717, 1.165) is 33.7 Å². The molecule has 0 unspecified atom stereocenters. The first-order valence-corrected chi connectivity index (χ1v) is 8.58. The van der Waals surface area contributed by atoms with Gasteiger partial charge in [-0.3, -0.25) is 4.79 Å². The van der Waals surface area contributed by atoms with E-state index in [-0.39, 0.29) is 11.5 Å². The van der Waals surface area contributed by atoms with Crippen LogP contribution in [0.5, 0.6) is 0 Å². The maximum Gasteiger partial charge on any atom is 0.251 e. The van der Waals surface area contributed by atoms with Crippen LogP contribution in [0.25, 0.3) is 33.2 Å². The van der Waals surface area contributed by atoms with Gasteiger partial charge in [0, 0.05) is 35.5 Å². The normalized spacial score (nSPS) is 13.0. The molecule has 0 aliphatic carbocycles. The van der Waals surface area contributed by atoms with Crippen LogP contribution in [0.15, 0.2) is 60.8 Å². The van der Waals surface area contributed by atoms with Gasteiger partial charge < -0.3 is 10.3 Å². The molecule has 0 saturated carbocycles. The van der Waals surface area contributed by atoms with Gasteiger partial charge in [-0.25, -0.2) is 8.78 Å². The summed E-state index contributed by atoms with van der Waals surface area (Å²) in [5.74, 6) is -1.47. The molecule has 0 spiro atoms. The summed E-state index contributed by atoms with van der Waals surface area (Å²) >= 11 is 0. The molecule has 0 fully saturated rings. The third kappa shape index (κ3) is 2.51. The van der Waals surface area contributed by atoms with Gasteiger partial charge in [-0.1, -0.05) is 6.07 Å². The molecule has 27 heavy (non-hydrogen) atoms. The minimum atomic E-state index is -0.655. The first kappa shape index (κ1) is 15.8. The van der Waals surface area contributed by atoms with Gasteiger partial charge in [-0.05, 0) is 70.1 Å². The number of nitrogens with one attached hydrogen (secondary N) is 2. The Bertz CT molecular complexity index is 1230. The minimum Gasteiger partial charge on any atom is -0.361 e. The highest BCUT2D eigenvalue weighted by molar-refractivity contribution is 6.02. The van der Waals surface area contributed by atoms with E-state index in [2.05, 4.69) is 10.3 Å². The van der Waals surface area contributed by atoms with Gasteiger partial charge in [0.05, 0.1) is 0 Å². The van der Waals surface area contributed by atoms with Gasteiger partial charge >= 0.3 is 0 Å². The molecule has 1 aliphatic rings. The number of rotatable bonds is 2. The molecule has 3 aromatic carbocycles. The first-order chi connectivity index (χ1) is 13.1. The van der Waals surface area contributed by atoms with Crippen LogP contribution in [0, 0.1) is 11.6 Å². The van der Waals surface area contributed by atoms with Gasteiger partial charge in [0.2, 0.25) is 0 Å². The molecule has 0 atom stereocenters. The second-order valence-electron chi connectivity index (χ2n) is 6.64. The fourth-order valence-electron chi connectivity index (χ4n) is 3.66. The summed E-state index contributed by atoms with van der Waals surface area (Å²) in [4.78, 5) is 15.3. The molecule has 132 valence electrons. The molecule has 0 radical (unpaired) electrons. The molecule has 1 amide bonds. The number of carbonyl (C=O) groups is 1. The van der Waals surface area contributed by atoms with Gasteiger partial charge in [-0.15, -0.1) is 0 Å². The van der Waals surface area contributed by atoms with Crippen LogP contribution < -0.4 is 5.32 Å². The Morgan fingerprint density at radius 3 is 2.56 bits per heavy atom. The van der Waals surface area contributed by atoms with Crippen LogP contribution in [-0.2, 0) is 6.54 Å². The monoisotopic (exact) mass is 360 g/mol. The first-order valence-electron chi connectivity index (χ1n) is 8.58. The van der Waals surface area contributed by atoms with Gasteiger partial charge in [0.1, 0.15) is 11.6 Å². The van der Waals surface area contributed by atoms with E-state index in [1.54, 1.807) is 6.07 Å². The summed E-state index contributed by atoms with van der Waals surface area (Å²) < 4.78 is 27.9. The molecular formula is C22H14F2N2O. The highest BCUT2D eigenvalue weighted by atomic mass is 19.1. The molecule has 0 bridgehead atoms. The number of H-pyrrole nitrogens is 1. The predicted octanol–water partition coefficient (Wildman–Crippen LogP) is 5.02. The zero-order valence-electron chi connectivity index (χ0n) is 14.1. The van der Waals surface area contributed by atoms with Crippen LogP contribution >= 0.6 is 0 Å². The third-order valence-electron chi connectivity index (χ3n) is 5.01. The second kappa shape index (κ2) is 5.77. The van der Waals surface area contributed by atoms with Gasteiger partial charge in [0.15, 0.2) is 0 Å². The van der Waals surface area contributed by atoms with Crippen molar-refractivity contribution in [1.82, 2.24) is 10.3 Å². The lowest BCUT2D eigenvalue weighted by atomic mass is 9.90. The van der Waals surface area contributed by atoms with Crippen molar-refractivity contribution in [1.29, 1.82) is 0 Å². The van der Waals surface area contributed by atoms with E-state index >= 15 is 0 Å². The lowest BCUT2D eigenvalue weighted by Crippen LogP contribution is -2.12.